The van der Waals surface area contributed by atoms with Gasteiger partial charge in [0, 0.05) is 24.6 Å². The molecule has 64 valence electrons. The van der Waals surface area contributed by atoms with E-state index in [9.17, 15) is 0 Å². The lowest BCUT2D eigenvalue weighted by atomic mass is 9.88. The maximum atomic E-state index is 5.78. The Labute approximate surface area is 68.3 Å². The molecule has 1 unspecified atom stereocenters. The molecule has 0 amide bonds. The smallest absolute Gasteiger partial charge is 0.0989 e. The molecule has 1 aliphatic heterocycles. The lowest BCUT2D eigenvalue weighted by molar-refractivity contribution is 0.291. The summed E-state index contributed by atoms with van der Waals surface area (Å²) in [4.78, 5) is 0. The molecule has 2 N–H and O–H groups in total. The van der Waals surface area contributed by atoms with Crippen molar-refractivity contribution >= 4 is 5.71 Å². The van der Waals surface area contributed by atoms with E-state index in [0.29, 0.717) is 0 Å². The van der Waals surface area contributed by atoms with Crippen molar-refractivity contribution in [3.8, 4) is 0 Å². The van der Waals surface area contributed by atoms with Crippen LogP contribution >= 0.6 is 0 Å². The van der Waals surface area contributed by atoms with Crippen LogP contribution in [0.2, 0.25) is 0 Å². The number of nitrogens with zero attached hydrogens (tertiary/aromatic N) is 2. The van der Waals surface area contributed by atoms with Crippen LogP contribution in [0.1, 0.15) is 27.2 Å². The Morgan fingerprint density at radius 3 is 2.27 bits per heavy atom. The van der Waals surface area contributed by atoms with Crippen molar-refractivity contribution in [1.29, 1.82) is 0 Å². The Morgan fingerprint density at radius 1 is 1.55 bits per heavy atom. The number of hydrogen-bond acceptors (Lipinski definition) is 3. The first kappa shape index (κ1) is 8.53. The molecule has 0 aromatic rings. The van der Waals surface area contributed by atoms with Crippen LogP contribution in [0.3, 0.4) is 0 Å². The van der Waals surface area contributed by atoms with Crippen LogP contribution in [0.5, 0.6) is 0 Å². The van der Waals surface area contributed by atoms with Crippen molar-refractivity contribution in [2.24, 2.45) is 16.3 Å². The molecule has 0 aromatic heterocycles. The van der Waals surface area contributed by atoms with E-state index in [-0.39, 0.29) is 11.6 Å². The van der Waals surface area contributed by atoms with Gasteiger partial charge in [-0.3, -0.25) is 5.01 Å². The van der Waals surface area contributed by atoms with Crippen molar-refractivity contribution in [2.45, 2.75) is 33.4 Å². The van der Waals surface area contributed by atoms with Gasteiger partial charge in [0.2, 0.25) is 0 Å². The molecule has 0 bridgehead atoms. The molecule has 3 heteroatoms. The lowest BCUT2D eigenvalue weighted by Gasteiger charge is -2.16. The minimum Gasteiger partial charge on any atom is -0.310 e. The molecule has 11 heavy (non-hydrogen) atoms. The maximum Gasteiger partial charge on any atom is 0.0989 e. The van der Waals surface area contributed by atoms with Gasteiger partial charge < -0.3 is 5.73 Å². The van der Waals surface area contributed by atoms with Gasteiger partial charge in [0.25, 0.3) is 0 Å². The van der Waals surface area contributed by atoms with Gasteiger partial charge in [-0.05, 0) is 0 Å². The highest BCUT2D eigenvalue weighted by atomic mass is 15.5. The second kappa shape index (κ2) is 2.48. The van der Waals surface area contributed by atoms with Gasteiger partial charge in [-0.2, -0.15) is 5.10 Å². The quantitative estimate of drug-likeness (QED) is 0.567. The van der Waals surface area contributed by atoms with E-state index in [1.54, 1.807) is 0 Å². The predicted molar refractivity (Wildman–Crippen MR) is 47.2 cm³/mol. The van der Waals surface area contributed by atoms with Crippen LogP contribution in [0.4, 0.5) is 0 Å². The number of hydrogen-bond donors (Lipinski definition) is 1. The number of hydrazone groups is 1. The predicted octanol–water partition coefficient (Wildman–Crippen LogP) is 1.01. The number of rotatable bonds is 0. The minimum atomic E-state index is 0.0872. The van der Waals surface area contributed by atoms with Crippen LogP contribution in [-0.2, 0) is 0 Å². The molecule has 0 aromatic carbocycles. The van der Waals surface area contributed by atoms with Crippen LogP contribution in [-0.4, -0.2) is 23.9 Å². The first-order chi connectivity index (χ1) is 4.91. The van der Waals surface area contributed by atoms with Gasteiger partial charge in [0.1, 0.15) is 0 Å². The summed E-state index contributed by atoms with van der Waals surface area (Å²) in [5.74, 6) is 0. The standard InChI is InChI=1S/C8H17N3/c1-8(2,3)6-5-7(9)11(4)10-6/h7H,5,9H2,1-4H3. The molecule has 0 spiro atoms. The van der Waals surface area contributed by atoms with E-state index < -0.39 is 0 Å². The summed E-state index contributed by atoms with van der Waals surface area (Å²) in [5, 5.41) is 6.20. The summed E-state index contributed by atoms with van der Waals surface area (Å²) in [6.45, 7) is 6.49. The molecule has 3 nitrogen and oxygen atoms in total. The van der Waals surface area contributed by atoms with Gasteiger partial charge in [-0.1, -0.05) is 20.8 Å². The van der Waals surface area contributed by atoms with E-state index in [1.807, 2.05) is 12.1 Å². The Morgan fingerprint density at radius 2 is 2.09 bits per heavy atom. The normalized spacial score (nSPS) is 25.7. The van der Waals surface area contributed by atoms with E-state index in [1.165, 1.54) is 5.71 Å². The summed E-state index contributed by atoms with van der Waals surface area (Å²) in [6, 6.07) is 0. The highest BCUT2D eigenvalue weighted by Crippen LogP contribution is 2.24. The largest absolute Gasteiger partial charge is 0.310 e. The summed E-state index contributed by atoms with van der Waals surface area (Å²) in [5.41, 5.74) is 7.15. The van der Waals surface area contributed by atoms with Crippen molar-refractivity contribution in [3.63, 3.8) is 0 Å². The Hall–Kier alpha value is -0.570. The lowest BCUT2D eigenvalue weighted by Crippen LogP contribution is -2.32. The summed E-state index contributed by atoms with van der Waals surface area (Å²) < 4.78 is 0. The topological polar surface area (TPSA) is 41.6 Å². The van der Waals surface area contributed by atoms with Crippen molar-refractivity contribution < 1.29 is 0 Å². The first-order valence-electron chi connectivity index (χ1n) is 3.97. The molecule has 1 heterocycles. The van der Waals surface area contributed by atoms with E-state index >= 15 is 0 Å². The second-order valence-electron chi connectivity index (χ2n) is 4.14. The Bertz CT molecular complexity index is 178. The average Bonchev–Trinajstić information content (AvgIpc) is 2.11. The zero-order chi connectivity index (χ0) is 8.65. The van der Waals surface area contributed by atoms with Gasteiger partial charge in [-0.15, -0.1) is 0 Å². The molecule has 0 fully saturated rings. The zero-order valence-corrected chi connectivity index (χ0v) is 7.76. The number of nitrogens with two attached hydrogens (primary N) is 1. The van der Waals surface area contributed by atoms with Crippen LogP contribution in [0, 0.1) is 5.41 Å². The minimum absolute atomic E-state index is 0.0872. The first-order valence-corrected chi connectivity index (χ1v) is 3.97. The third kappa shape index (κ3) is 1.71. The SMILES string of the molecule is CN1N=C(C(C)(C)C)CC1N. The van der Waals surface area contributed by atoms with Gasteiger partial charge in [0.15, 0.2) is 0 Å². The highest BCUT2D eigenvalue weighted by Gasteiger charge is 2.28. The average molecular weight is 155 g/mol. The van der Waals surface area contributed by atoms with Crippen LogP contribution < -0.4 is 5.73 Å². The fourth-order valence-electron chi connectivity index (χ4n) is 1.09. The Kier molecular flexibility index (Phi) is 1.92. The molecular formula is C8H17N3. The van der Waals surface area contributed by atoms with Crippen molar-refractivity contribution in [2.75, 3.05) is 7.05 Å². The summed E-state index contributed by atoms with van der Waals surface area (Å²) in [6.07, 6.45) is 0.990. The van der Waals surface area contributed by atoms with Crippen LogP contribution in [0.15, 0.2) is 5.10 Å². The molecule has 0 saturated carbocycles. The van der Waals surface area contributed by atoms with Crippen LogP contribution in [0.25, 0.3) is 0 Å². The van der Waals surface area contributed by atoms with E-state index in [4.69, 9.17) is 5.73 Å². The van der Waals surface area contributed by atoms with Crippen molar-refractivity contribution in [3.05, 3.63) is 0 Å². The van der Waals surface area contributed by atoms with Gasteiger partial charge >= 0.3 is 0 Å². The molecule has 0 radical (unpaired) electrons. The molecular weight excluding hydrogens is 138 g/mol. The second-order valence-corrected chi connectivity index (χ2v) is 4.14. The van der Waals surface area contributed by atoms with E-state index in [2.05, 4.69) is 25.9 Å². The van der Waals surface area contributed by atoms with Gasteiger partial charge in [0.05, 0.1) is 6.17 Å². The maximum absolute atomic E-state index is 5.78. The monoisotopic (exact) mass is 155 g/mol. The van der Waals surface area contributed by atoms with Gasteiger partial charge in [-0.25, -0.2) is 0 Å². The highest BCUT2D eigenvalue weighted by molar-refractivity contribution is 5.90. The van der Waals surface area contributed by atoms with Crippen molar-refractivity contribution in [1.82, 2.24) is 5.01 Å². The molecule has 0 saturated heterocycles. The fraction of sp³-hybridized carbons (Fsp3) is 0.875. The molecule has 0 aliphatic carbocycles. The zero-order valence-electron chi connectivity index (χ0n) is 7.76. The summed E-state index contributed by atoms with van der Waals surface area (Å²) in [7, 11) is 1.92. The molecule has 1 aliphatic rings. The molecule has 1 rings (SSSR count). The Balaban J connectivity index is 2.71. The third-order valence-electron chi connectivity index (χ3n) is 2.03. The fourth-order valence-corrected chi connectivity index (χ4v) is 1.09. The van der Waals surface area contributed by atoms with E-state index in [0.717, 1.165) is 6.42 Å². The molecule has 1 atom stereocenters. The summed E-state index contributed by atoms with van der Waals surface area (Å²) >= 11 is 0. The third-order valence-corrected chi connectivity index (χ3v) is 2.03.